The van der Waals surface area contributed by atoms with Crippen LogP contribution < -0.4 is 0 Å². The van der Waals surface area contributed by atoms with E-state index in [1.165, 1.54) is 64.2 Å². The van der Waals surface area contributed by atoms with Gasteiger partial charge < -0.3 is 43.0 Å². The van der Waals surface area contributed by atoms with Crippen molar-refractivity contribution in [2.75, 3.05) is 85.9 Å². The monoisotopic (exact) mass is 608 g/mol. The van der Waals surface area contributed by atoms with Crippen molar-refractivity contribution in [3.63, 3.8) is 0 Å². The first-order valence-corrected chi connectivity index (χ1v) is 16.9. The van der Waals surface area contributed by atoms with Crippen molar-refractivity contribution >= 4 is 0 Å². The molecule has 0 radical (unpaired) electrons. The Balaban J connectivity index is 3.49. The van der Waals surface area contributed by atoms with Crippen LogP contribution in [0.4, 0.5) is 0 Å². The second-order valence-corrected chi connectivity index (χ2v) is 11.3. The van der Waals surface area contributed by atoms with Crippen LogP contribution in [-0.4, -0.2) is 115 Å². The number of ether oxygens (including phenoxy) is 8. The highest BCUT2D eigenvalue weighted by molar-refractivity contribution is 4.57. The van der Waals surface area contributed by atoms with Crippen molar-refractivity contribution in [3.8, 4) is 0 Å². The van der Waals surface area contributed by atoms with E-state index in [9.17, 15) is 0 Å². The fourth-order valence-electron chi connectivity index (χ4n) is 4.12. The molecule has 0 heterocycles. The van der Waals surface area contributed by atoms with Gasteiger partial charge in [0.25, 0.3) is 0 Å². The Morgan fingerprint density at radius 1 is 0.381 bits per heavy atom. The Labute approximate surface area is 258 Å². The Morgan fingerprint density at radius 2 is 0.762 bits per heavy atom. The van der Waals surface area contributed by atoms with E-state index in [1.54, 1.807) is 0 Å². The van der Waals surface area contributed by atoms with Crippen molar-refractivity contribution in [1.29, 1.82) is 0 Å². The zero-order valence-electron chi connectivity index (χ0n) is 28.0. The summed E-state index contributed by atoms with van der Waals surface area (Å²) < 4.78 is 45.2. The Hall–Kier alpha value is -0.360. The molecule has 0 aliphatic heterocycles. The Kier molecular flexibility index (Phi) is 33.2. The average Bonchev–Trinajstić information content (AvgIpc) is 2.99. The molecule has 0 amide bonds. The third-order valence-corrected chi connectivity index (χ3v) is 6.70. The molecule has 0 saturated heterocycles. The molecule has 0 aromatic rings. The van der Waals surface area contributed by atoms with Crippen LogP contribution in [0.15, 0.2) is 0 Å². The maximum absolute atomic E-state index is 8.61. The maximum Gasteiger partial charge on any atom is 0.0781 e. The second-order valence-electron chi connectivity index (χ2n) is 11.3. The number of unbranched alkanes of at least 4 members (excludes halogenated alkanes) is 10. The standard InChI is InChI=1S/C33H68O9/c1-6-7-8-9-10-11-12-13-14-15-16-18-38-26-30(2)40-28-32(4)42-29-33(5)41-27-31(3)39-25-24-37-23-22-36-21-20-35-19-17-34/h30-34H,6-29H2,1-5H3. The quantitative estimate of drug-likeness (QED) is 0.0873. The second kappa shape index (κ2) is 33.5. The molecule has 1 N–H and O–H groups in total. The van der Waals surface area contributed by atoms with Gasteiger partial charge in [0.2, 0.25) is 0 Å². The number of aliphatic hydroxyl groups is 1. The third kappa shape index (κ3) is 32.6. The Morgan fingerprint density at radius 3 is 1.24 bits per heavy atom. The first-order valence-electron chi connectivity index (χ1n) is 16.9. The van der Waals surface area contributed by atoms with Gasteiger partial charge in [0.1, 0.15) is 0 Å². The van der Waals surface area contributed by atoms with Gasteiger partial charge in [-0.25, -0.2) is 0 Å². The van der Waals surface area contributed by atoms with Crippen LogP contribution in [0.1, 0.15) is 105 Å². The molecule has 0 aliphatic carbocycles. The van der Waals surface area contributed by atoms with Crippen molar-refractivity contribution in [3.05, 3.63) is 0 Å². The molecule has 0 saturated carbocycles. The molecule has 42 heavy (non-hydrogen) atoms. The van der Waals surface area contributed by atoms with Crippen molar-refractivity contribution in [2.24, 2.45) is 0 Å². The third-order valence-electron chi connectivity index (χ3n) is 6.70. The summed E-state index contributed by atoms with van der Waals surface area (Å²) in [5, 5.41) is 8.61. The van der Waals surface area contributed by atoms with Crippen LogP contribution >= 0.6 is 0 Å². The highest BCUT2D eigenvalue weighted by atomic mass is 16.6. The molecule has 0 aliphatic rings. The molecule has 0 bridgehead atoms. The lowest BCUT2D eigenvalue weighted by Gasteiger charge is -2.21. The SMILES string of the molecule is CCCCCCCCCCCCCOCC(C)OCC(C)OCC(C)OCC(C)OCCOCCOCCOCCO. The van der Waals surface area contributed by atoms with Crippen molar-refractivity contribution in [1.82, 2.24) is 0 Å². The molecule has 9 heteroatoms. The zero-order valence-corrected chi connectivity index (χ0v) is 28.0. The minimum atomic E-state index is -0.0280. The minimum Gasteiger partial charge on any atom is -0.394 e. The van der Waals surface area contributed by atoms with Gasteiger partial charge >= 0.3 is 0 Å². The summed E-state index contributed by atoms with van der Waals surface area (Å²) in [5.41, 5.74) is 0. The molecule has 254 valence electrons. The predicted octanol–water partition coefficient (Wildman–Crippen LogP) is 5.98. The van der Waals surface area contributed by atoms with E-state index in [-0.39, 0.29) is 31.0 Å². The topological polar surface area (TPSA) is 94.1 Å². The van der Waals surface area contributed by atoms with Gasteiger partial charge in [-0.3, -0.25) is 0 Å². The van der Waals surface area contributed by atoms with Gasteiger partial charge in [0.05, 0.1) is 104 Å². The fraction of sp³-hybridized carbons (Fsp3) is 1.00. The molecule has 0 rings (SSSR count). The lowest BCUT2D eigenvalue weighted by Crippen LogP contribution is -2.28. The van der Waals surface area contributed by atoms with Gasteiger partial charge in [0, 0.05) is 6.61 Å². The molecule has 9 nitrogen and oxygen atoms in total. The summed E-state index contributed by atoms with van der Waals surface area (Å²) in [6.45, 7) is 16.7. The fourth-order valence-corrected chi connectivity index (χ4v) is 4.12. The summed E-state index contributed by atoms with van der Waals surface area (Å²) in [7, 11) is 0. The molecule has 4 atom stereocenters. The van der Waals surface area contributed by atoms with Crippen molar-refractivity contribution < 1.29 is 43.0 Å². The van der Waals surface area contributed by atoms with E-state index in [2.05, 4.69) is 13.8 Å². The smallest absolute Gasteiger partial charge is 0.0781 e. The van der Waals surface area contributed by atoms with E-state index < -0.39 is 0 Å². The number of hydrogen-bond donors (Lipinski definition) is 1. The van der Waals surface area contributed by atoms with E-state index >= 15 is 0 Å². The first kappa shape index (κ1) is 41.6. The van der Waals surface area contributed by atoms with Gasteiger partial charge in [-0.1, -0.05) is 71.1 Å². The minimum absolute atomic E-state index is 0.00647. The van der Waals surface area contributed by atoms with Gasteiger partial charge in [-0.2, -0.15) is 0 Å². The van der Waals surface area contributed by atoms with Gasteiger partial charge in [0.15, 0.2) is 0 Å². The van der Waals surface area contributed by atoms with Crippen LogP contribution in [0, 0.1) is 0 Å². The highest BCUT2D eigenvalue weighted by Crippen LogP contribution is 2.11. The number of aliphatic hydroxyl groups excluding tert-OH is 1. The normalized spacial score (nSPS) is 14.7. The van der Waals surface area contributed by atoms with Crippen LogP contribution in [0.2, 0.25) is 0 Å². The number of hydrogen-bond acceptors (Lipinski definition) is 9. The zero-order chi connectivity index (χ0) is 30.9. The lowest BCUT2D eigenvalue weighted by atomic mass is 10.1. The van der Waals surface area contributed by atoms with Gasteiger partial charge in [-0.15, -0.1) is 0 Å². The predicted molar refractivity (Wildman–Crippen MR) is 168 cm³/mol. The average molecular weight is 609 g/mol. The van der Waals surface area contributed by atoms with Crippen LogP contribution in [0.3, 0.4) is 0 Å². The molecule has 0 fully saturated rings. The molecule has 4 unspecified atom stereocenters. The first-order chi connectivity index (χ1) is 20.5. The van der Waals surface area contributed by atoms with E-state index in [0.29, 0.717) is 72.7 Å². The summed E-state index contributed by atoms with van der Waals surface area (Å²) in [6, 6.07) is 0. The molecule has 0 spiro atoms. The van der Waals surface area contributed by atoms with E-state index in [0.717, 1.165) is 13.0 Å². The molecule has 0 aromatic carbocycles. The summed E-state index contributed by atoms with van der Waals surface area (Å²) in [4.78, 5) is 0. The van der Waals surface area contributed by atoms with Crippen LogP contribution in [-0.2, 0) is 37.9 Å². The summed E-state index contributed by atoms with van der Waals surface area (Å²) >= 11 is 0. The maximum atomic E-state index is 8.61. The molecular weight excluding hydrogens is 540 g/mol. The molecule has 0 aromatic heterocycles. The summed E-state index contributed by atoms with van der Waals surface area (Å²) in [6.07, 6.45) is 14.8. The van der Waals surface area contributed by atoms with Crippen LogP contribution in [0.5, 0.6) is 0 Å². The highest BCUT2D eigenvalue weighted by Gasteiger charge is 2.12. The molecular formula is C33H68O9. The van der Waals surface area contributed by atoms with E-state index in [4.69, 9.17) is 43.0 Å². The number of rotatable bonds is 35. The lowest BCUT2D eigenvalue weighted by molar-refractivity contribution is -0.0951. The van der Waals surface area contributed by atoms with Gasteiger partial charge in [-0.05, 0) is 34.1 Å². The van der Waals surface area contributed by atoms with Crippen molar-refractivity contribution in [2.45, 2.75) is 130 Å². The van der Waals surface area contributed by atoms with Crippen LogP contribution in [0.25, 0.3) is 0 Å². The largest absolute Gasteiger partial charge is 0.394 e. The van der Waals surface area contributed by atoms with E-state index in [1.807, 2.05) is 20.8 Å². The summed E-state index contributed by atoms with van der Waals surface area (Å²) in [5.74, 6) is 0. The Bertz CT molecular complexity index is 512.